The van der Waals surface area contributed by atoms with Crippen molar-refractivity contribution in [2.45, 2.75) is 31.6 Å². The number of carbonyl (C=O) groups is 1. The number of rotatable bonds is 6. The van der Waals surface area contributed by atoms with Gasteiger partial charge in [-0.15, -0.1) is 11.8 Å². The molecule has 0 saturated carbocycles. The summed E-state index contributed by atoms with van der Waals surface area (Å²) >= 11 is 1.43. The molecule has 0 unspecified atom stereocenters. The van der Waals surface area contributed by atoms with E-state index in [1.54, 1.807) is 0 Å². The standard InChI is InChI=1S/C13H19NO2S/c1-3-4-8-16-12(15)9-17-11-7-5-6-10(2)13(11)14/h5-7H,3-4,8-9,14H2,1-2H3. The van der Waals surface area contributed by atoms with Crippen LogP contribution in [0.4, 0.5) is 5.69 Å². The number of aryl methyl sites for hydroxylation is 1. The Morgan fingerprint density at radius 1 is 1.47 bits per heavy atom. The second-order valence-corrected chi connectivity index (χ2v) is 4.87. The topological polar surface area (TPSA) is 52.3 Å². The number of nitrogens with two attached hydrogens (primary N) is 1. The summed E-state index contributed by atoms with van der Waals surface area (Å²) in [5.74, 6) is 0.140. The van der Waals surface area contributed by atoms with Crippen molar-refractivity contribution in [3.8, 4) is 0 Å². The van der Waals surface area contributed by atoms with Gasteiger partial charge < -0.3 is 10.5 Å². The zero-order valence-electron chi connectivity index (χ0n) is 10.4. The average molecular weight is 253 g/mol. The van der Waals surface area contributed by atoms with E-state index in [-0.39, 0.29) is 5.97 Å². The summed E-state index contributed by atoms with van der Waals surface area (Å²) < 4.78 is 5.07. The van der Waals surface area contributed by atoms with Crippen LogP contribution in [-0.2, 0) is 9.53 Å². The minimum Gasteiger partial charge on any atom is -0.465 e. The Morgan fingerprint density at radius 2 is 2.24 bits per heavy atom. The molecule has 0 aromatic heterocycles. The van der Waals surface area contributed by atoms with E-state index in [1.807, 2.05) is 25.1 Å². The van der Waals surface area contributed by atoms with Gasteiger partial charge in [0.15, 0.2) is 0 Å². The van der Waals surface area contributed by atoms with E-state index < -0.39 is 0 Å². The molecular weight excluding hydrogens is 234 g/mol. The second-order valence-electron chi connectivity index (χ2n) is 3.85. The van der Waals surface area contributed by atoms with Crippen LogP contribution in [0.2, 0.25) is 0 Å². The summed E-state index contributed by atoms with van der Waals surface area (Å²) in [5.41, 5.74) is 7.70. The molecule has 0 radical (unpaired) electrons. The third-order valence-electron chi connectivity index (χ3n) is 2.39. The van der Waals surface area contributed by atoms with Gasteiger partial charge in [0.05, 0.1) is 12.4 Å². The van der Waals surface area contributed by atoms with Gasteiger partial charge in [-0.05, 0) is 25.0 Å². The van der Waals surface area contributed by atoms with Crippen LogP contribution in [-0.4, -0.2) is 18.3 Å². The lowest BCUT2D eigenvalue weighted by atomic mass is 10.2. The lowest BCUT2D eigenvalue weighted by molar-refractivity contribution is -0.140. The van der Waals surface area contributed by atoms with E-state index in [1.165, 1.54) is 11.8 Å². The molecule has 94 valence electrons. The predicted molar refractivity (Wildman–Crippen MR) is 72.2 cm³/mol. The largest absolute Gasteiger partial charge is 0.465 e. The molecule has 0 atom stereocenters. The van der Waals surface area contributed by atoms with Crippen LogP contribution in [0.1, 0.15) is 25.3 Å². The molecule has 0 spiro atoms. The normalized spacial score (nSPS) is 10.2. The fraction of sp³-hybridized carbons (Fsp3) is 0.462. The maximum atomic E-state index is 11.4. The number of carbonyl (C=O) groups excluding carboxylic acids is 1. The maximum Gasteiger partial charge on any atom is 0.316 e. The summed E-state index contributed by atoms with van der Waals surface area (Å²) in [5, 5.41) is 0. The maximum absolute atomic E-state index is 11.4. The van der Waals surface area contributed by atoms with Crippen molar-refractivity contribution in [2.75, 3.05) is 18.1 Å². The van der Waals surface area contributed by atoms with Gasteiger partial charge >= 0.3 is 5.97 Å². The van der Waals surface area contributed by atoms with Crippen molar-refractivity contribution in [2.24, 2.45) is 0 Å². The second kappa shape index (κ2) is 7.22. The molecule has 1 rings (SSSR count). The smallest absolute Gasteiger partial charge is 0.316 e. The van der Waals surface area contributed by atoms with Crippen LogP contribution in [0.3, 0.4) is 0 Å². The molecule has 0 aliphatic carbocycles. The highest BCUT2D eigenvalue weighted by molar-refractivity contribution is 8.00. The predicted octanol–water partition coefficient (Wildman–Crippen LogP) is 3.01. The SMILES string of the molecule is CCCCOC(=O)CSc1cccc(C)c1N. The highest BCUT2D eigenvalue weighted by Crippen LogP contribution is 2.27. The minimum atomic E-state index is -0.177. The first-order chi connectivity index (χ1) is 8.15. The summed E-state index contributed by atoms with van der Waals surface area (Å²) in [6, 6.07) is 5.82. The van der Waals surface area contributed by atoms with Crippen LogP contribution in [0.5, 0.6) is 0 Å². The van der Waals surface area contributed by atoms with E-state index in [9.17, 15) is 4.79 Å². The Bertz CT molecular complexity index is 380. The number of thioether (sulfide) groups is 1. The van der Waals surface area contributed by atoms with Crippen LogP contribution in [0, 0.1) is 6.92 Å². The zero-order chi connectivity index (χ0) is 12.7. The minimum absolute atomic E-state index is 0.177. The Kier molecular flexibility index (Phi) is 5.91. The molecule has 3 nitrogen and oxygen atoms in total. The fourth-order valence-corrected chi connectivity index (χ4v) is 2.14. The Balaban J connectivity index is 2.39. The van der Waals surface area contributed by atoms with Crippen molar-refractivity contribution in [3.63, 3.8) is 0 Å². The molecular formula is C13H19NO2S. The number of benzene rings is 1. The summed E-state index contributed by atoms with van der Waals surface area (Å²) in [6.45, 7) is 4.54. The number of esters is 1. The quantitative estimate of drug-likeness (QED) is 0.366. The van der Waals surface area contributed by atoms with Crippen molar-refractivity contribution in [1.82, 2.24) is 0 Å². The molecule has 4 heteroatoms. The zero-order valence-corrected chi connectivity index (χ0v) is 11.2. The van der Waals surface area contributed by atoms with Gasteiger partial charge in [0.1, 0.15) is 0 Å². The lowest BCUT2D eigenvalue weighted by Gasteiger charge is -2.07. The van der Waals surface area contributed by atoms with Gasteiger partial charge in [-0.3, -0.25) is 4.79 Å². The fourth-order valence-electron chi connectivity index (χ4n) is 1.29. The van der Waals surface area contributed by atoms with E-state index >= 15 is 0 Å². The highest BCUT2D eigenvalue weighted by Gasteiger charge is 2.07. The molecule has 0 fully saturated rings. The van der Waals surface area contributed by atoms with E-state index in [0.29, 0.717) is 12.4 Å². The Labute approximate surface area is 107 Å². The number of hydrogen-bond donors (Lipinski definition) is 1. The van der Waals surface area contributed by atoms with Crippen molar-refractivity contribution >= 4 is 23.4 Å². The molecule has 2 N–H and O–H groups in total. The third-order valence-corrected chi connectivity index (χ3v) is 3.44. The van der Waals surface area contributed by atoms with Gasteiger partial charge in [0.2, 0.25) is 0 Å². The summed E-state index contributed by atoms with van der Waals surface area (Å²) in [4.78, 5) is 12.3. The third kappa shape index (κ3) is 4.69. The van der Waals surface area contributed by atoms with Gasteiger partial charge in [-0.25, -0.2) is 0 Å². The van der Waals surface area contributed by atoms with Gasteiger partial charge in [0, 0.05) is 10.6 Å². The molecule has 1 aromatic carbocycles. The van der Waals surface area contributed by atoms with E-state index in [0.717, 1.165) is 29.0 Å². The Hall–Kier alpha value is -1.16. The molecule has 17 heavy (non-hydrogen) atoms. The monoisotopic (exact) mass is 253 g/mol. The van der Waals surface area contributed by atoms with Crippen LogP contribution in [0.25, 0.3) is 0 Å². The first-order valence-electron chi connectivity index (χ1n) is 5.78. The summed E-state index contributed by atoms with van der Waals surface area (Å²) in [6.07, 6.45) is 1.95. The number of anilines is 1. The van der Waals surface area contributed by atoms with Gasteiger partial charge in [0.25, 0.3) is 0 Å². The number of ether oxygens (including phenoxy) is 1. The molecule has 0 aliphatic rings. The summed E-state index contributed by atoms with van der Waals surface area (Å²) in [7, 11) is 0. The molecule has 0 heterocycles. The van der Waals surface area contributed by atoms with E-state index in [2.05, 4.69) is 6.92 Å². The molecule has 1 aromatic rings. The van der Waals surface area contributed by atoms with E-state index in [4.69, 9.17) is 10.5 Å². The Morgan fingerprint density at radius 3 is 2.94 bits per heavy atom. The van der Waals surface area contributed by atoms with Crippen LogP contribution in [0.15, 0.2) is 23.1 Å². The molecule has 0 saturated heterocycles. The van der Waals surface area contributed by atoms with Crippen molar-refractivity contribution < 1.29 is 9.53 Å². The first kappa shape index (κ1) is 13.9. The van der Waals surface area contributed by atoms with Gasteiger partial charge in [-0.2, -0.15) is 0 Å². The average Bonchev–Trinajstić information content (AvgIpc) is 2.31. The number of unbranched alkanes of at least 4 members (excludes halogenated alkanes) is 1. The number of nitrogen functional groups attached to an aromatic ring is 1. The van der Waals surface area contributed by atoms with Crippen molar-refractivity contribution in [3.05, 3.63) is 23.8 Å². The molecule has 0 aliphatic heterocycles. The molecule has 0 amide bonds. The highest BCUT2D eigenvalue weighted by atomic mass is 32.2. The van der Waals surface area contributed by atoms with Crippen molar-refractivity contribution in [1.29, 1.82) is 0 Å². The lowest BCUT2D eigenvalue weighted by Crippen LogP contribution is -2.08. The first-order valence-corrected chi connectivity index (χ1v) is 6.77. The van der Waals surface area contributed by atoms with Gasteiger partial charge in [-0.1, -0.05) is 25.5 Å². The van der Waals surface area contributed by atoms with Crippen LogP contribution < -0.4 is 5.73 Å². The number of hydrogen-bond acceptors (Lipinski definition) is 4. The van der Waals surface area contributed by atoms with Crippen LogP contribution >= 0.6 is 11.8 Å². The molecule has 0 bridgehead atoms. The number of para-hydroxylation sites is 1.